The lowest BCUT2D eigenvalue weighted by Crippen LogP contribution is -2.31. The highest BCUT2D eigenvalue weighted by Gasteiger charge is 2.22. The maximum Gasteiger partial charge on any atom is -0.00462 e. The molecule has 1 aliphatic heterocycles. The molecule has 0 aromatic carbocycles. The SMILES string of the molecule is CCCCCCC(CCCC)C1CCNCC1. The lowest BCUT2D eigenvalue weighted by atomic mass is 9.79. The van der Waals surface area contributed by atoms with Crippen molar-refractivity contribution in [3.63, 3.8) is 0 Å². The summed E-state index contributed by atoms with van der Waals surface area (Å²) in [6.45, 7) is 7.17. The Bertz CT molecular complexity index is 161. The van der Waals surface area contributed by atoms with Gasteiger partial charge in [0.15, 0.2) is 0 Å². The van der Waals surface area contributed by atoms with Crippen molar-refractivity contribution in [2.75, 3.05) is 13.1 Å². The van der Waals surface area contributed by atoms with Crippen LogP contribution in [0.4, 0.5) is 0 Å². The second-order valence-electron chi connectivity index (χ2n) is 5.84. The maximum atomic E-state index is 3.50. The zero-order valence-corrected chi connectivity index (χ0v) is 12.1. The van der Waals surface area contributed by atoms with E-state index in [1.807, 2.05) is 0 Å². The standard InChI is InChI=1S/C16H33N/c1-3-5-7-8-10-15(9-6-4-2)16-11-13-17-14-12-16/h15-17H,3-14H2,1-2H3. The minimum atomic E-state index is 1.03. The zero-order valence-electron chi connectivity index (χ0n) is 12.1. The fraction of sp³-hybridized carbons (Fsp3) is 1.00. The van der Waals surface area contributed by atoms with Crippen molar-refractivity contribution < 1.29 is 0 Å². The molecule has 102 valence electrons. The van der Waals surface area contributed by atoms with Crippen LogP contribution in [0.1, 0.15) is 78.1 Å². The van der Waals surface area contributed by atoms with E-state index in [1.54, 1.807) is 0 Å². The molecule has 0 aliphatic carbocycles. The molecule has 1 saturated heterocycles. The van der Waals surface area contributed by atoms with Crippen molar-refractivity contribution in [1.29, 1.82) is 0 Å². The van der Waals surface area contributed by atoms with Gasteiger partial charge in [-0.15, -0.1) is 0 Å². The van der Waals surface area contributed by atoms with Crippen LogP contribution in [0, 0.1) is 11.8 Å². The predicted octanol–water partition coefficient (Wildman–Crippen LogP) is 4.76. The summed E-state index contributed by atoms with van der Waals surface area (Å²) >= 11 is 0. The molecule has 0 aromatic heterocycles. The molecule has 1 unspecified atom stereocenters. The fourth-order valence-corrected chi connectivity index (χ4v) is 3.23. The third-order valence-corrected chi connectivity index (χ3v) is 4.41. The van der Waals surface area contributed by atoms with Crippen LogP contribution in [0.15, 0.2) is 0 Å². The summed E-state index contributed by atoms with van der Waals surface area (Å²) in [7, 11) is 0. The van der Waals surface area contributed by atoms with Gasteiger partial charge < -0.3 is 5.32 Å². The second kappa shape index (κ2) is 9.94. The average molecular weight is 239 g/mol. The van der Waals surface area contributed by atoms with E-state index in [9.17, 15) is 0 Å². The van der Waals surface area contributed by atoms with Gasteiger partial charge in [0.25, 0.3) is 0 Å². The molecular weight excluding hydrogens is 206 g/mol. The highest BCUT2D eigenvalue weighted by atomic mass is 14.9. The molecule has 1 heterocycles. The smallest absolute Gasteiger partial charge is 0.00462 e. The van der Waals surface area contributed by atoms with Gasteiger partial charge >= 0.3 is 0 Å². The Hall–Kier alpha value is -0.0400. The Labute approximate surface area is 109 Å². The van der Waals surface area contributed by atoms with E-state index < -0.39 is 0 Å². The minimum absolute atomic E-state index is 1.03. The van der Waals surface area contributed by atoms with Crippen LogP contribution < -0.4 is 5.32 Å². The van der Waals surface area contributed by atoms with Crippen LogP contribution >= 0.6 is 0 Å². The van der Waals surface area contributed by atoms with Gasteiger partial charge in [0.2, 0.25) is 0 Å². The predicted molar refractivity (Wildman–Crippen MR) is 77.4 cm³/mol. The summed E-state index contributed by atoms with van der Waals surface area (Å²) < 4.78 is 0. The van der Waals surface area contributed by atoms with Gasteiger partial charge in [-0.25, -0.2) is 0 Å². The van der Waals surface area contributed by atoms with Gasteiger partial charge in [0.05, 0.1) is 0 Å². The molecule has 0 saturated carbocycles. The monoisotopic (exact) mass is 239 g/mol. The average Bonchev–Trinajstić information content (AvgIpc) is 2.39. The van der Waals surface area contributed by atoms with E-state index in [-0.39, 0.29) is 0 Å². The van der Waals surface area contributed by atoms with Gasteiger partial charge in [-0.05, 0) is 37.8 Å². The number of rotatable bonds is 9. The van der Waals surface area contributed by atoms with Gasteiger partial charge in [-0.1, -0.05) is 65.2 Å². The van der Waals surface area contributed by atoms with Crippen molar-refractivity contribution in [3.8, 4) is 0 Å². The number of piperidine rings is 1. The molecule has 17 heavy (non-hydrogen) atoms. The van der Waals surface area contributed by atoms with Crippen molar-refractivity contribution in [2.24, 2.45) is 11.8 Å². The molecule has 1 fully saturated rings. The van der Waals surface area contributed by atoms with Crippen LogP contribution in [-0.2, 0) is 0 Å². The Morgan fingerprint density at radius 2 is 1.53 bits per heavy atom. The number of hydrogen-bond acceptors (Lipinski definition) is 1. The quantitative estimate of drug-likeness (QED) is 0.572. The van der Waals surface area contributed by atoms with Gasteiger partial charge in [-0.3, -0.25) is 0 Å². The van der Waals surface area contributed by atoms with Gasteiger partial charge in [0, 0.05) is 0 Å². The maximum absolute atomic E-state index is 3.50. The van der Waals surface area contributed by atoms with Crippen LogP contribution in [-0.4, -0.2) is 13.1 Å². The van der Waals surface area contributed by atoms with Crippen LogP contribution in [0.3, 0.4) is 0 Å². The van der Waals surface area contributed by atoms with E-state index in [1.165, 1.54) is 77.3 Å². The Kier molecular flexibility index (Phi) is 8.78. The zero-order chi connectivity index (χ0) is 12.3. The number of nitrogens with one attached hydrogen (secondary N) is 1. The normalized spacial score (nSPS) is 19.4. The van der Waals surface area contributed by atoms with Gasteiger partial charge in [-0.2, -0.15) is 0 Å². The summed E-state index contributed by atoms with van der Waals surface area (Å²) in [5, 5.41) is 3.50. The number of hydrogen-bond donors (Lipinski definition) is 1. The Morgan fingerprint density at radius 1 is 0.882 bits per heavy atom. The summed E-state index contributed by atoms with van der Waals surface area (Å²) in [5.41, 5.74) is 0. The first-order chi connectivity index (χ1) is 8.38. The lowest BCUT2D eigenvalue weighted by Gasteiger charge is -2.31. The largest absolute Gasteiger partial charge is 0.317 e. The highest BCUT2D eigenvalue weighted by molar-refractivity contribution is 4.76. The molecule has 1 nitrogen and oxygen atoms in total. The second-order valence-corrected chi connectivity index (χ2v) is 5.84. The number of unbranched alkanes of at least 4 members (excludes halogenated alkanes) is 4. The summed E-state index contributed by atoms with van der Waals surface area (Å²) in [5.74, 6) is 2.07. The highest BCUT2D eigenvalue weighted by Crippen LogP contribution is 2.30. The van der Waals surface area contributed by atoms with E-state index in [2.05, 4.69) is 19.2 Å². The van der Waals surface area contributed by atoms with Crippen LogP contribution in [0.5, 0.6) is 0 Å². The fourth-order valence-electron chi connectivity index (χ4n) is 3.23. The minimum Gasteiger partial charge on any atom is -0.317 e. The van der Waals surface area contributed by atoms with E-state index in [4.69, 9.17) is 0 Å². The van der Waals surface area contributed by atoms with E-state index in [0.29, 0.717) is 0 Å². The first-order valence-electron chi connectivity index (χ1n) is 8.09. The van der Waals surface area contributed by atoms with Crippen LogP contribution in [0.25, 0.3) is 0 Å². The molecule has 1 aliphatic rings. The molecule has 0 aromatic rings. The summed E-state index contributed by atoms with van der Waals surface area (Å²) in [6.07, 6.45) is 14.4. The summed E-state index contributed by atoms with van der Waals surface area (Å²) in [6, 6.07) is 0. The molecule has 1 heteroatoms. The van der Waals surface area contributed by atoms with E-state index in [0.717, 1.165) is 11.8 Å². The molecule has 0 amide bonds. The third-order valence-electron chi connectivity index (χ3n) is 4.41. The van der Waals surface area contributed by atoms with Crippen molar-refractivity contribution in [3.05, 3.63) is 0 Å². The van der Waals surface area contributed by atoms with Crippen molar-refractivity contribution in [1.82, 2.24) is 5.32 Å². The lowest BCUT2D eigenvalue weighted by molar-refractivity contribution is 0.225. The first-order valence-corrected chi connectivity index (χ1v) is 8.09. The Balaban J connectivity index is 2.25. The Morgan fingerprint density at radius 3 is 2.18 bits per heavy atom. The molecule has 0 radical (unpaired) electrons. The molecular formula is C16H33N. The van der Waals surface area contributed by atoms with Gasteiger partial charge in [0.1, 0.15) is 0 Å². The first kappa shape index (κ1) is 15.0. The third kappa shape index (κ3) is 6.45. The van der Waals surface area contributed by atoms with Crippen LogP contribution in [0.2, 0.25) is 0 Å². The van der Waals surface area contributed by atoms with E-state index >= 15 is 0 Å². The topological polar surface area (TPSA) is 12.0 Å². The molecule has 1 atom stereocenters. The molecule has 0 bridgehead atoms. The van der Waals surface area contributed by atoms with Crippen molar-refractivity contribution >= 4 is 0 Å². The molecule has 1 N–H and O–H groups in total. The molecule has 1 rings (SSSR count). The molecule has 0 spiro atoms. The summed E-state index contributed by atoms with van der Waals surface area (Å²) in [4.78, 5) is 0. The van der Waals surface area contributed by atoms with Crippen molar-refractivity contribution in [2.45, 2.75) is 78.1 Å².